The Labute approximate surface area is 116 Å². The molecule has 2 nitrogen and oxygen atoms in total. The SMILES string of the molecule is N#Cc1cc(F)cc(COCc2ccccc2Cl)c1. The van der Waals surface area contributed by atoms with E-state index in [4.69, 9.17) is 21.6 Å². The number of benzene rings is 2. The molecule has 4 heteroatoms. The summed E-state index contributed by atoms with van der Waals surface area (Å²) in [6.45, 7) is 0.579. The summed E-state index contributed by atoms with van der Waals surface area (Å²) in [6, 6.07) is 13.4. The highest BCUT2D eigenvalue weighted by atomic mass is 35.5. The minimum Gasteiger partial charge on any atom is -0.372 e. The second-order valence-electron chi connectivity index (χ2n) is 4.04. The zero-order valence-electron chi connectivity index (χ0n) is 10.1. The summed E-state index contributed by atoms with van der Waals surface area (Å²) in [7, 11) is 0. The normalized spacial score (nSPS) is 10.2. The van der Waals surface area contributed by atoms with Crippen molar-refractivity contribution in [2.75, 3.05) is 0 Å². The van der Waals surface area contributed by atoms with Crippen molar-refractivity contribution in [1.29, 1.82) is 5.26 Å². The molecule has 0 saturated carbocycles. The molecule has 0 aliphatic rings. The van der Waals surface area contributed by atoms with Gasteiger partial charge in [-0.05, 0) is 35.4 Å². The second-order valence-corrected chi connectivity index (χ2v) is 4.45. The summed E-state index contributed by atoms with van der Waals surface area (Å²) in [5.41, 5.74) is 1.79. The van der Waals surface area contributed by atoms with Crippen molar-refractivity contribution in [2.24, 2.45) is 0 Å². The van der Waals surface area contributed by atoms with Crippen LogP contribution in [0.25, 0.3) is 0 Å². The van der Waals surface area contributed by atoms with Crippen LogP contribution in [0.4, 0.5) is 4.39 Å². The minimum absolute atomic E-state index is 0.234. The van der Waals surface area contributed by atoms with Gasteiger partial charge < -0.3 is 4.74 Å². The maximum atomic E-state index is 13.2. The summed E-state index contributed by atoms with van der Waals surface area (Å²) in [4.78, 5) is 0. The number of hydrogen-bond donors (Lipinski definition) is 0. The Balaban J connectivity index is 1.98. The highest BCUT2D eigenvalue weighted by Crippen LogP contribution is 2.17. The highest BCUT2D eigenvalue weighted by Gasteiger charge is 2.02. The molecule has 0 aromatic heterocycles. The fourth-order valence-corrected chi connectivity index (χ4v) is 1.88. The standard InChI is InChI=1S/C15H11ClFNO/c16-15-4-2-1-3-13(15)10-19-9-12-5-11(8-18)6-14(17)7-12/h1-7H,9-10H2. The maximum Gasteiger partial charge on any atom is 0.124 e. The largest absolute Gasteiger partial charge is 0.372 e. The van der Waals surface area contributed by atoms with Gasteiger partial charge in [-0.3, -0.25) is 0 Å². The van der Waals surface area contributed by atoms with Gasteiger partial charge in [0.1, 0.15) is 5.82 Å². The van der Waals surface area contributed by atoms with E-state index in [0.29, 0.717) is 17.2 Å². The van der Waals surface area contributed by atoms with Gasteiger partial charge in [-0.1, -0.05) is 29.8 Å². The third-order valence-electron chi connectivity index (χ3n) is 2.57. The van der Waals surface area contributed by atoms with Gasteiger partial charge in [0, 0.05) is 5.02 Å². The van der Waals surface area contributed by atoms with E-state index in [1.165, 1.54) is 12.1 Å². The van der Waals surface area contributed by atoms with Crippen LogP contribution in [0, 0.1) is 17.1 Å². The lowest BCUT2D eigenvalue weighted by molar-refractivity contribution is 0.107. The van der Waals surface area contributed by atoms with Crippen LogP contribution in [-0.2, 0) is 18.0 Å². The number of ether oxygens (including phenoxy) is 1. The molecule has 0 N–H and O–H groups in total. The van der Waals surface area contributed by atoms with E-state index in [1.54, 1.807) is 12.1 Å². The lowest BCUT2D eigenvalue weighted by Gasteiger charge is -2.06. The molecule has 0 heterocycles. The van der Waals surface area contributed by atoms with Gasteiger partial charge in [0.15, 0.2) is 0 Å². The number of rotatable bonds is 4. The number of halogens is 2. The Hall–Kier alpha value is -1.89. The van der Waals surface area contributed by atoms with Crippen LogP contribution in [0.2, 0.25) is 5.02 Å². The van der Waals surface area contributed by atoms with Gasteiger partial charge in [0.2, 0.25) is 0 Å². The Bertz CT molecular complexity index is 622. The van der Waals surface area contributed by atoms with E-state index in [1.807, 2.05) is 24.3 Å². The molecule has 0 unspecified atom stereocenters. The van der Waals surface area contributed by atoms with E-state index < -0.39 is 5.82 Å². The summed E-state index contributed by atoms with van der Waals surface area (Å²) >= 11 is 6.00. The molecule has 0 amide bonds. The Morgan fingerprint density at radius 2 is 1.95 bits per heavy atom. The molecule has 0 bridgehead atoms. The van der Waals surface area contributed by atoms with Crippen molar-refractivity contribution in [3.63, 3.8) is 0 Å². The van der Waals surface area contributed by atoms with Crippen molar-refractivity contribution < 1.29 is 9.13 Å². The second kappa shape index (κ2) is 6.33. The number of hydrogen-bond acceptors (Lipinski definition) is 2. The molecule has 2 aromatic rings. The molecular weight excluding hydrogens is 265 g/mol. The topological polar surface area (TPSA) is 33.0 Å². The average Bonchev–Trinajstić information content (AvgIpc) is 2.40. The van der Waals surface area contributed by atoms with E-state index in [0.717, 1.165) is 5.56 Å². The first kappa shape index (κ1) is 13.5. The van der Waals surface area contributed by atoms with Crippen LogP contribution in [0.15, 0.2) is 42.5 Å². The molecule has 0 aliphatic carbocycles. The lowest BCUT2D eigenvalue weighted by atomic mass is 10.1. The van der Waals surface area contributed by atoms with Gasteiger partial charge in [-0.25, -0.2) is 4.39 Å². The molecule has 0 aliphatic heterocycles. The van der Waals surface area contributed by atoms with Crippen LogP contribution >= 0.6 is 11.6 Å². The fourth-order valence-electron chi connectivity index (χ4n) is 1.69. The molecule has 0 radical (unpaired) electrons. The van der Waals surface area contributed by atoms with Crippen LogP contribution in [0.1, 0.15) is 16.7 Å². The van der Waals surface area contributed by atoms with Crippen LogP contribution in [0.3, 0.4) is 0 Å². The molecule has 96 valence electrons. The minimum atomic E-state index is -0.435. The van der Waals surface area contributed by atoms with Gasteiger partial charge in [-0.2, -0.15) is 5.26 Å². The Morgan fingerprint density at radius 3 is 2.68 bits per heavy atom. The van der Waals surface area contributed by atoms with E-state index in [9.17, 15) is 4.39 Å². The fraction of sp³-hybridized carbons (Fsp3) is 0.133. The smallest absolute Gasteiger partial charge is 0.124 e. The van der Waals surface area contributed by atoms with Gasteiger partial charge in [0.25, 0.3) is 0 Å². The van der Waals surface area contributed by atoms with Gasteiger partial charge >= 0.3 is 0 Å². The molecule has 0 spiro atoms. The quantitative estimate of drug-likeness (QED) is 0.843. The third-order valence-corrected chi connectivity index (χ3v) is 2.94. The van der Waals surface area contributed by atoms with Crippen LogP contribution in [-0.4, -0.2) is 0 Å². The zero-order valence-corrected chi connectivity index (χ0v) is 10.8. The Morgan fingerprint density at radius 1 is 1.16 bits per heavy atom. The molecular formula is C15H11ClFNO. The molecule has 19 heavy (non-hydrogen) atoms. The highest BCUT2D eigenvalue weighted by molar-refractivity contribution is 6.31. The van der Waals surface area contributed by atoms with E-state index in [-0.39, 0.29) is 12.2 Å². The first-order valence-electron chi connectivity index (χ1n) is 5.70. The monoisotopic (exact) mass is 275 g/mol. The molecule has 0 saturated heterocycles. The predicted molar refractivity (Wildman–Crippen MR) is 71.1 cm³/mol. The van der Waals surface area contributed by atoms with Crippen molar-refractivity contribution in [3.05, 3.63) is 70.0 Å². The summed E-state index contributed by atoms with van der Waals surface area (Å²) in [6.07, 6.45) is 0. The molecule has 0 atom stereocenters. The predicted octanol–water partition coefficient (Wildman–Crippen LogP) is 4.07. The van der Waals surface area contributed by atoms with Crippen LogP contribution in [0.5, 0.6) is 0 Å². The lowest BCUT2D eigenvalue weighted by Crippen LogP contribution is -1.96. The molecule has 2 aromatic carbocycles. The average molecular weight is 276 g/mol. The summed E-state index contributed by atoms with van der Waals surface area (Å²) < 4.78 is 18.7. The van der Waals surface area contributed by atoms with E-state index >= 15 is 0 Å². The number of nitrogens with zero attached hydrogens (tertiary/aromatic N) is 1. The number of nitriles is 1. The van der Waals surface area contributed by atoms with E-state index in [2.05, 4.69) is 0 Å². The Kier molecular flexibility index (Phi) is 4.51. The van der Waals surface area contributed by atoms with Crippen molar-refractivity contribution in [1.82, 2.24) is 0 Å². The zero-order chi connectivity index (χ0) is 13.7. The maximum absolute atomic E-state index is 13.2. The van der Waals surface area contributed by atoms with Crippen molar-refractivity contribution in [3.8, 4) is 6.07 Å². The molecule has 0 fully saturated rings. The van der Waals surface area contributed by atoms with Crippen LogP contribution < -0.4 is 0 Å². The van der Waals surface area contributed by atoms with Crippen molar-refractivity contribution >= 4 is 11.6 Å². The van der Waals surface area contributed by atoms with Gasteiger partial charge in [-0.15, -0.1) is 0 Å². The van der Waals surface area contributed by atoms with Gasteiger partial charge in [0.05, 0.1) is 24.8 Å². The first-order valence-corrected chi connectivity index (χ1v) is 6.07. The summed E-state index contributed by atoms with van der Waals surface area (Å²) in [5.74, 6) is -0.435. The van der Waals surface area contributed by atoms with Crippen molar-refractivity contribution in [2.45, 2.75) is 13.2 Å². The first-order chi connectivity index (χ1) is 9.19. The summed E-state index contributed by atoms with van der Waals surface area (Å²) in [5, 5.41) is 9.39. The third kappa shape index (κ3) is 3.78. The molecule has 2 rings (SSSR count).